The van der Waals surface area contributed by atoms with Gasteiger partial charge in [-0.1, -0.05) is 19.1 Å². The molecule has 0 aliphatic rings. The van der Waals surface area contributed by atoms with Crippen molar-refractivity contribution in [2.24, 2.45) is 0 Å². The topological polar surface area (TPSA) is 9.23 Å². The summed E-state index contributed by atoms with van der Waals surface area (Å²) < 4.78 is 5.72. The standard InChI is InChI=1S/C12H18O/c1-5-11-7-6-10(4)8-12(11)13-9(2)3/h6-9H,5H2,1-4H3. The fraction of sp³-hybridized carbons (Fsp3) is 0.500. The van der Waals surface area contributed by atoms with Gasteiger partial charge in [0.25, 0.3) is 0 Å². The number of hydrogen-bond donors (Lipinski definition) is 0. The summed E-state index contributed by atoms with van der Waals surface area (Å²) in [4.78, 5) is 0. The second kappa shape index (κ2) is 4.31. The van der Waals surface area contributed by atoms with Crippen molar-refractivity contribution in [1.82, 2.24) is 0 Å². The van der Waals surface area contributed by atoms with Gasteiger partial charge in [0.1, 0.15) is 5.75 Å². The van der Waals surface area contributed by atoms with Gasteiger partial charge in [0.2, 0.25) is 0 Å². The molecule has 0 fully saturated rings. The minimum atomic E-state index is 0.257. The molecule has 0 heterocycles. The molecule has 0 aliphatic heterocycles. The molecule has 1 aromatic rings. The van der Waals surface area contributed by atoms with Gasteiger partial charge >= 0.3 is 0 Å². The zero-order valence-corrected chi connectivity index (χ0v) is 8.92. The van der Waals surface area contributed by atoms with Gasteiger partial charge < -0.3 is 4.74 Å². The maximum Gasteiger partial charge on any atom is 0.123 e. The van der Waals surface area contributed by atoms with Crippen LogP contribution < -0.4 is 4.74 Å². The molecule has 0 radical (unpaired) electrons. The van der Waals surface area contributed by atoms with Crippen LogP contribution in [-0.4, -0.2) is 6.10 Å². The van der Waals surface area contributed by atoms with E-state index in [0.29, 0.717) is 0 Å². The molecule has 0 spiro atoms. The molecule has 0 amide bonds. The van der Waals surface area contributed by atoms with Gasteiger partial charge in [0.05, 0.1) is 6.10 Å². The molecule has 13 heavy (non-hydrogen) atoms. The van der Waals surface area contributed by atoms with Crippen LogP contribution >= 0.6 is 0 Å². The summed E-state index contributed by atoms with van der Waals surface area (Å²) in [6.07, 6.45) is 1.29. The Labute approximate surface area is 80.7 Å². The zero-order valence-electron chi connectivity index (χ0n) is 8.92. The van der Waals surface area contributed by atoms with Gasteiger partial charge in [0.15, 0.2) is 0 Å². The van der Waals surface area contributed by atoms with E-state index in [1.165, 1.54) is 11.1 Å². The third kappa shape index (κ3) is 2.76. The molecule has 0 atom stereocenters. The van der Waals surface area contributed by atoms with E-state index in [2.05, 4.69) is 45.9 Å². The third-order valence-electron chi connectivity index (χ3n) is 1.97. The maximum absolute atomic E-state index is 5.72. The lowest BCUT2D eigenvalue weighted by molar-refractivity contribution is 0.240. The number of ether oxygens (including phenoxy) is 1. The number of benzene rings is 1. The van der Waals surface area contributed by atoms with Gasteiger partial charge in [-0.2, -0.15) is 0 Å². The number of aryl methyl sites for hydroxylation is 2. The molecular formula is C12H18O. The van der Waals surface area contributed by atoms with Gasteiger partial charge in [-0.3, -0.25) is 0 Å². The van der Waals surface area contributed by atoms with Crippen LogP contribution in [0.15, 0.2) is 18.2 Å². The third-order valence-corrected chi connectivity index (χ3v) is 1.97. The highest BCUT2D eigenvalue weighted by molar-refractivity contribution is 5.37. The Morgan fingerprint density at radius 1 is 1.31 bits per heavy atom. The van der Waals surface area contributed by atoms with Crippen LogP contribution in [0.3, 0.4) is 0 Å². The Kier molecular flexibility index (Phi) is 3.35. The summed E-state index contributed by atoms with van der Waals surface area (Å²) in [7, 11) is 0. The van der Waals surface area contributed by atoms with E-state index in [-0.39, 0.29) is 6.10 Å². The average molecular weight is 178 g/mol. The lowest BCUT2D eigenvalue weighted by Gasteiger charge is -2.13. The fourth-order valence-electron chi connectivity index (χ4n) is 1.32. The van der Waals surface area contributed by atoms with E-state index >= 15 is 0 Å². The minimum absolute atomic E-state index is 0.257. The molecule has 0 saturated carbocycles. The van der Waals surface area contributed by atoms with E-state index in [9.17, 15) is 0 Å². The Bertz CT molecular complexity index is 276. The first-order valence-corrected chi connectivity index (χ1v) is 4.89. The van der Waals surface area contributed by atoms with Crippen LogP contribution in [0.1, 0.15) is 31.9 Å². The van der Waals surface area contributed by atoms with Crippen LogP contribution in [0.2, 0.25) is 0 Å². The maximum atomic E-state index is 5.72. The normalized spacial score (nSPS) is 10.5. The highest BCUT2D eigenvalue weighted by atomic mass is 16.5. The molecule has 1 aromatic carbocycles. The highest BCUT2D eigenvalue weighted by Crippen LogP contribution is 2.21. The number of rotatable bonds is 3. The van der Waals surface area contributed by atoms with Crippen molar-refractivity contribution in [3.63, 3.8) is 0 Å². The smallest absolute Gasteiger partial charge is 0.123 e. The van der Waals surface area contributed by atoms with Crippen molar-refractivity contribution >= 4 is 0 Å². The van der Waals surface area contributed by atoms with Crippen LogP contribution in [0.25, 0.3) is 0 Å². The molecule has 0 aliphatic carbocycles. The van der Waals surface area contributed by atoms with Crippen LogP contribution in [0.4, 0.5) is 0 Å². The van der Waals surface area contributed by atoms with Crippen molar-refractivity contribution < 1.29 is 4.74 Å². The minimum Gasteiger partial charge on any atom is -0.491 e. The molecule has 0 bridgehead atoms. The lowest BCUT2D eigenvalue weighted by atomic mass is 10.1. The van der Waals surface area contributed by atoms with E-state index in [1.807, 2.05) is 0 Å². The van der Waals surface area contributed by atoms with Gasteiger partial charge in [-0.15, -0.1) is 0 Å². The Morgan fingerprint density at radius 2 is 2.00 bits per heavy atom. The van der Waals surface area contributed by atoms with Crippen molar-refractivity contribution in [3.8, 4) is 5.75 Å². The van der Waals surface area contributed by atoms with E-state index in [4.69, 9.17) is 4.74 Å². The van der Waals surface area contributed by atoms with E-state index < -0.39 is 0 Å². The molecule has 72 valence electrons. The SMILES string of the molecule is CCc1ccc(C)cc1OC(C)C. The summed E-state index contributed by atoms with van der Waals surface area (Å²) in [6, 6.07) is 6.39. The van der Waals surface area contributed by atoms with Crippen molar-refractivity contribution in [2.75, 3.05) is 0 Å². The van der Waals surface area contributed by atoms with E-state index in [1.54, 1.807) is 0 Å². The Morgan fingerprint density at radius 3 is 2.54 bits per heavy atom. The summed E-state index contributed by atoms with van der Waals surface area (Å²) in [6.45, 7) is 8.36. The Hall–Kier alpha value is -0.980. The van der Waals surface area contributed by atoms with Crippen molar-refractivity contribution in [1.29, 1.82) is 0 Å². The monoisotopic (exact) mass is 178 g/mol. The van der Waals surface area contributed by atoms with Crippen molar-refractivity contribution in [3.05, 3.63) is 29.3 Å². The molecule has 0 unspecified atom stereocenters. The summed E-state index contributed by atoms with van der Waals surface area (Å²) in [5.74, 6) is 1.04. The molecule has 1 nitrogen and oxygen atoms in total. The first kappa shape index (κ1) is 10.1. The summed E-state index contributed by atoms with van der Waals surface area (Å²) >= 11 is 0. The Balaban J connectivity index is 2.94. The van der Waals surface area contributed by atoms with Crippen LogP contribution in [0, 0.1) is 6.92 Å². The molecule has 0 aromatic heterocycles. The largest absolute Gasteiger partial charge is 0.491 e. The second-order valence-corrected chi connectivity index (χ2v) is 3.63. The molecule has 1 rings (SSSR count). The van der Waals surface area contributed by atoms with Crippen molar-refractivity contribution in [2.45, 2.75) is 40.2 Å². The fourth-order valence-corrected chi connectivity index (χ4v) is 1.32. The molecule has 0 saturated heterocycles. The first-order valence-electron chi connectivity index (χ1n) is 4.89. The van der Waals surface area contributed by atoms with Gasteiger partial charge in [-0.25, -0.2) is 0 Å². The van der Waals surface area contributed by atoms with Crippen LogP contribution in [0.5, 0.6) is 5.75 Å². The zero-order chi connectivity index (χ0) is 9.84. The number of hydrogen-bond acceptors (Lipinski definition) is 1. The van der Waals surface area contributed by atoms with Crippen LogP contribution in [-0.2, 0) is 6.42 Å². The molecular weight excluding hydrogens is 160 g/mol. The molecule has 1 heteroatoms. The average Bonchev–Trinajstić information content (AvgIpc) is 2.03. The lowest BCUT2D eigenvalue weighted by Crippen LogP contribution is -2.07. The van der Waals surface area contributed by atoms with Gasteiger partial charge in [-0.05, 0) is 44.4 Å². The molecule has 0 N–H and O–H groups in total. The predicted octanol–water partition coefficient (Wildman–Crippen LogP) is 3.34. The first-order chi connectivity index (χ1) is 6.13. The second-order valence-electron chi connectivity index (χ2n) is 3.63. The summed E-state index contributed by atoms with van der Waals surface area (Å²) in [5.41, 5.74) is 2.55. The summed E-state index contributed by atoms with van der Waals surface area (Å²) in [5, 5.41) is 0. The highest BCUT2D eigenvalue weighted by Gasteiger charge is 2.03. The quantitative estimate of drug-likeness (QED) is 0.689. The van der Waals surface area contributed by atoms with Gasteiger partial charge in [0, 0.05) is 0 Å². The predicted molar refractivity (Wildman–Crippen MR) is 56.3 cm³/mol. The van der Waals surface area contributed by atoms with E-state index in [0.717, 1.165) is 12.2 Å².